The van der Waals surface area contributed by atoms with Gasteiger partial charge in [0, 0.05) is 6.04 Å². The Balaban J connectivity index is 2.19. The molecule has 7 heteroatoms. The third-order valence-corrected chi connectivity index (χ3v) is 4.52. The van der Waals surface area contributed by atoms with E-state index in [0.717, 1.165) is 6.42 Å². The topological polar surface area (TPSA) is 85.9 Å². The number of carbonyl (C=O) groups is 2. The van der Waals surface area contributed by atoms with Crippen molar-refractivity contribution in [1.82, 2.24) is 5.32 Å². The van der Waals surface area contributed by atoms with Gasteiger partial charge in [0.15, 0.2) is 11.5 Å². The Hall–Kier alpha value is -3.22. The summed E-state index contributed by atoms with van der Waals surface area (Å²) in [6.45, 7) is 3.93. The van der Waals surface area contributed by atoms with Crippen LogP contribution in [0.25, 0.3) is 0 Å². The molecule has 1 atom stereocenters. The summed E-state index contributed by atoms with van der Waals surface area (Å²) in [7, 11) is 4.56. The van der Waals surface area contributed by atoms with Gasteiger partial charge in [0.1, 0.15) is 0 Å². The third-order valence-electron chi connectivity index (χ3n) is 4.52. The summed E-state index contributed by atoms with van der Waals surface area (Å²) in [6.07, 6.45) is 0.902. The SMILES string of the molecule is CCC(C)NC(=O)c1ccccc1NC(=O)Cc1cc(OC)c(OC)c(OC)c1. The number of hydrogen-bond acceptors (Lipinski definition) is 5. The lowest BCUT2D eigenvalue weighted by Crippen LogP contribution is -2.32. The first-order valence-electron chi connectivity index (χ1n) is 9.42. The molecule has 29 heavy (non-hydrogen) atoms. The van der Waals surface area contributed by atoms with Crippen LogP contribution < -0.4 is 24.8 Å². The zero-order valence-electron chi connectivity index (χ0n) is 17.5. The molecule has 0 aromatic heterocycles. The molecule has 0 radical (unpaired) electrons. The Morgan fingerprint density at radius 1 is 1.00 bits per heavy atom. The Bertz CT molecular complexity index is 841. The highest BCUT2D eigenvalue weighted by Crippen LogP contribution is 2.38. The van der Waals surface area contributed by atoms with Crippen LogP contribution in [-0.2, 0) is 11.2 Å². The average molecular weight is 400 g/mol. The van der Waals surface area contributed by atoms with Crippen molar-refractivity contribution < 1.29 is 23.8 Å². The summed E-state index contributed by atoms with van der Waals surface area (Å²) < 4.78 is 16.0. The van der Waals surface area contributed by atoms with Gasteiger partial charge in [0.25, 0.3) is 5.91 Å². The highest BCUT2D eigenvalue weighted by atomic mass is 16.5. The molecule has 156 valence electrons. The lowest BCUT2D eigenvalue weighted by molar-refractivity contribution is -0.115. The highest BCUT2D eigenvalue weighted by molar-refractivity contribution is 6.04. The predicted molar refractivity (Wildman–Crippen MR) is 112 cm³/mol. The zero-order chi connectivity index (χ0) is 21.4. The van der Waals surface area contributed by atoms with Crippen molar-refractivity contribution in [2.75, 3.05) is 26.6 Å². The molecule has 2 aromatic carbocycles. The zero-order valence-corrected chi connectivity index (χ0v) is 17.5. The van der Waals surface area contributed by atoms with Crippen molar-refractivity contribution >= 4 is 17.5 Å². The number of methoxy groups -OCH3 is 3. The third kappa shape index (κ3) is 5.63. The molecule has 0 fully saturated rings. The molecule has 1 unspecified atom stereocenters. The Labute approximate surface area is 171 Å². The number of ether oxygens (including phenoxy) is 3. The van der Waals surface area contributed by atoms with Crippen molar-refractivity contribution in [1.29, 1.82) is 0 Å². The molecule has 0 spiro atoms. The molecule has 7 nitrogen and oxygen atoms in total. The van der Waals surface area contributed by atoms with Gasteiger partial charge in [-0.1, -0.05) is 19.1 Å². The highest BCUT2D eigenvalue weighted by Gasteiger charge is 2.17. The van der Waals surface area contributed by atoms with E-state index >= 15 is 0 Å². The maximum Gasteiger partial charge on any atom is 0.253 e. The summed E-state index contributed by atoms with van der Waals surface area (Å²) in [5, 5.41) is 5.74. The van der Waals surface area contributed by atoms with Gasteiger partial charge in [-0.15, -0.1) is 0 Å². The molecule has 2 rings (SSSR count). The fraction of sp³-hybridized carbons (Fsp3) is 0.364. The molecule has 2 amide bonds. The fourth-order valence-corrected chi connectivity index (χ4v) is 2.81. The second kappa shape index (κ2) is 10.4. The van der Waals surface area contributed by atoms with E-state index in [9.17, 15) is 9.59 Å². The van der Waals surface area contributed by atoms with Crippen LogP contribution in [0.1, 0.15) is 36.2 Å². The van der Waals surface area contributed by atoms with Crippen LogP contribution in [0.3, 0.4) is 0 Å². The van der Waals surface area contributed by atoms with Gasteiger partial charge in [-0.3, -0.25) is 9.59 Å². The number of nitrogens with one attached hydrogen (secondary N) is 2. The normalized spacial score (nSPS) is 11.3. The van der Waals surface area contributed by atoms with Crippen molar-refractivity contribution in [3.63, 3.8) is 0 Å². The molecule has 0 aliphatic heterocycles. The molecule has 0 aliphatic carbocycles. The summed E-state index contributed by atoms with van der Waals surface area (Å²) in [4.78, 5) is 25.1. The Morgan fingerprint density at radius 3 is 2.17 bits per heavy atom. The minimum atomic E-state index is -0.261. The summed E-state index contributed by atoms with van der Waals surface area (Å²) in [5.74, 6) is 0.934. The van der Waals surface area contributed by atoms with E-state index in [4.69, 9.17) is 14.2 Å². The molecular weight excluding hydrogens is 372 g/mol. The predicted octanol–water partition coefficient (Wildman–Crippen LogP) is 3.42. The van der Waals surface area contributed by atoms with Crippen LogP contribution >= 0.6 is 0 Å². The number of benzene rings is 2. The number of carbonyl (C=O) groups excluding carboxylic acids is 2. The second-order valence-electron chi connectivity index (χ2n) is 6.59. The van der Waals surface area contributed by atoms with Crippen molar-refractivity contribution in [2.24, 2.45) is 0 Å². The van der Waals surface area contributed by atoms with E-state index in [-0.39, 0.29) is 24.3 Å². The van der Waals surface area contributed by atoms with E-state index in [0.29, 0.717) is 34.1 Å². The van der Waals surface area contributed by atoms with Crippen molar-refractivity contribution in [3.05, 3.63) is 47.5 Å². The summed E-state index contributed by atoms with van der Waals surface area (Å²) >= 11 is 0. The van der Waals surface area contributed by atoms with E-state index in [1.54, 1.807) is 36.4 Å². The molecule has 0 saturated carbocycles. The van der Waals surface area contributed by atoms with E-state index in [2.05, 4.69) is 10.6 Å². The van der Waals surface area contributed by atoms with E-state index in [1.807, 2.05) is 13.8 Å². The van der Waals surface area contributed by atoms with Gasteiger partial charge in [-0.25, -0.2) is 0 Å². The van der Waals surface area contributed by atoms with Gasteiger partial charge in [-0.2, -0.15) is 0 Å². The lowest BCUT2D eigenvalue weighted by atomic mass is 10.1. The van der Waals surface area contributed by atoms with E-state index < -0.39 is 0 Å². The van der Waals surface area contributed by atoms with Gasteiger partial charge in [0.2, 0.25) is 11.7 Å². The number of amides is 2. The van der Waals surface area contributed by atoms with Crippen LogP contribution in [-0.4, -0.2) is 39.2 Å². The summed E-state index contributed by atoms with van der Waals surface area (Å²) in [5.41, 5.74) is 1.58. The molecule has 0 aliphatic rings. The smallest absolute Gasteiger partial charge is 0.253 e. The molecule has 2 aromatic rings. The second-order valence-corrected chi connectivity index (χ2v) is 6.59. The maximum absolute atomic E-state index is 12.6. The minimum Gasteiger partial charge on any atom is -0.493 e. The molecule has 0 bridgehead atoms. The Morgan fingerprint density at radius 2 is 1.62 bits per heavy atom. The van der Waals surface area contributed by atoms with Crippen molar-refractivity contribution in [2.45, 2.75) is 32.7 Å². The first-order valence-corrected chi connectivity index (χ1v) is 9.42. The van der Waals surface area contributed by atoms with Gasteiger partial charge in [-0.05, 0) is 43.2 Å². The first-order chi connectivity index (χ1) is 13.9. The maximum atomic E-state index is 12.6. The molecule has 2 N–H and O–H groups in total. The van der Waals surface area contributed by atoms with Crippen LogP contribution in [0.4, 0.5) is 5.69 Å². The first kappa shape index (κ1) is 22.1. The number of anilines is 1. The largest absolute Gasteiger partial charge is 0.493 e. The average Bonchev–Trinajstić information content (AvgIpc) is 2.72. The monoisotopic (exact) mass is 400 g/mol. The number of para-hydroxylation sites is 1. The van der Waals surface area contributed by atoms with Crippen LogP contribution in [0, 0.1) is 0 Å². The van der Waals surface area contributed by atoms with Crippen LogP contribution in [0.5, 0.6) is 17.2 Å². The van der Waals surface area contributed by atoms with Crippen LogP contribution in [0.2, 0.25) is 0 Å². The number of hydrogen-bond donors (Lipinski definition) is 2. The molecule has 0 saturated heterocycles. The van der Waals surface area contributed by atoms with Gasteiger partial charge in [0.05, 0.1) is 39.0 Å². The van der Waals surface area contributed by atoms with Crippen molar-refractivity contribution in [3.8, 4) is 17.2 Å². The summed E-state index contributed by atoms with van der Waals surface area (Å²) in [6, 6.07) is 10.4. The van der Waals surface area contributed by atoms with E-state index in [1.165, 1.54) is 21.3 Å². The lowest BCUT2D eigenvalue weighted by Gasteiger charge is -2.16. The molecule has 0 heterocycles. The van der Waals surface area contributed by atoms with Gasteiger partial charge < -0.3 is 24.8 Å². The Kier molecular flexibility index (Phi) is 7.88. The minimum absolute atomic E-state index is 0.0467. The fourth-order valence-electron chi connectivity index (χ4n) is 2.81. The number of rotatable bonds is 9. The van der Waals surface area contributed by atoms with Crippen LogP contribution in [0.15, 0.2) is 36.4 Å². The molecular formula is C22H28N2O5. The van der Waals surface area contributed by atoms with Gasteiger partial charge >= 0.3 is 0 Å². The standard InChI is InChI=1S/C22H28N2O5/c1-6-14(2)23-22(26)16-9-7-8-10-17(16)24-20(25)13-15-11-18(27-3)21(29-5)19(12-15)28-4/h7-12,14H,6,13H2,1-5H3,(H,23,26)(H,24,25). The quantitative estimate of drug-likeness (QED) is 0.674.